The second-order valence-electron chi connectivity index (χ2n) is 8.38. The van der Waals surface area contributed by atoms with Crippen LogP contribution in [0, 0.1) is 5.41 Å². The van der Waals surface area contributed by atoms with Gasteiger partial charge in [0.05, 0.1) is 6.04 Å². The van der Waals surface area contributed by atoms with Crippen LogP contribution in [0.4, 0.5) is 0 Å². The van der Waals surface area contributed by atoms with Crippen LogP contribution < -0.4 is 5.73 Å². The van der Waals surface area contributed by atoms with Gasteiger partial charge in [-0.1, -0.05) is 40.0 Å². The van der Waals surface area contributed by atoms with E-state index < -0.39 is 16.3 Å². The summed E-state index contributed by atoms with van der Waals surface area (Å²) in [7, 11) is -1.77. The van der Waals surface area contributed by atoms with E-state index in [0.717, 1.165) is 25.7 Å². The number of rotatable bonds is 4. The fourth-order valence-corrected chi connectivity index (χ4v) is 5.10. The van der Waals surface area contributed by atoms with E-state index in [1.165, 1.54) is 10.7 Å². The molecule has 2 fully saturated rings. The summed E-state index contributed by atoms with van der Waals surface area (Å²) >= 11 is 0. The molecule has 7 nitrogen and oxygen atoms in total. The minimum absolute atomic E-state index is 0.0924. The number of hydrogen-bond donors (Lipinski definition) is 1. The van der Waals surface area contributed by atoms with Crippen LogP contribution in [0.3, 0.4) is 0 Å². The predicted octanol–water partition coefficient (Wildman–Crippen LogP) is 1.01. The van der Waals surface area contributed by atoms with Crippen LogP contribution in [0.15, 0.2) is 0 Å². The van der Waals surface area contributed by atoms with Crippen LogP contribution in [0.2, 0.25) is 0 Å². The van der Waals surface area contributed by atoms with Gasteiger partial charge in [-0.25, -0.2) is 0 Å². The first-order valence-corrected chi connectivity index (χ1v) is 10.7. The van der Waals surface area contributed by atoms with Gasteiger partial charge in [-0.2, -0.15) is 17.0 Å². The molecule has 1 aliphatic heterocycles. The Hall–Kier alpha value is -0.700. The van der Waals surface area contributed by atoms with Crippen LogP contribution in [0.25, 0.3) is 0 Å². The molecular weight excluding hydrogens is 340 g/mol. The molecule has 0 spiro atoms. The predicted molar refractivity (Wildman–Crippen MR) is 99.1 cm³/mol. The molecule has 8 heteroatoms. The Bertz CT molecular complexity index is 559. The smallest absolute Gasteiger partial charge is 0.282 e. The quantitative estimate of drug-likeness (QED) is 0.796. The van der Waals surface area contributed by atoms with Gasteiger partial charge in [0.1, 0.15) is 0 Å². The third kappa shape index (κ3) is 4.72. The fourth-order valence-electron chi connectivity index (χ4n) is 3.52. The number of amides is 1. The van der Waals surface area contributed by atoms with E-state index in [2.05, 4.69) is 0 Å². The molecule has 1 heterocycles. The van der Waals surface area contributed by atoms with E-state index in [1.54, 1.807) is 16.3 Å². The third-order valence-electron chi connectivity index (χ3n) is 5.53. The van der Waals surface area contributed by atoms with Crippen LogP contribution >= 0.6 is 0 Å². The molecule has 0 unspecified atom stereocenters. The molecule has 0 radical (unpaired) electrons. The topological polar surface area (TPSA) is 87.0 Å². The van der Waals surface area contributed by atoms with Gasteiger partial charge in [-0.15, -0.1) is 0 Å². The molecule has 2 aliphatic rings. The highest BCUT2D eigenvalue weighted by atomic mass is 32.2. The molecule has 1 saturated carbocycles. The van der Waals surface area contributed by atoms with Gasteiger partial charge in [0.2, 0.25) is 5.91 Å². The Kier molecular flexibility index (Phi) is 6.51. The van der Waals surface area contributed by atoms with E-state index in [0.29, 0.717) is 26.2 Å². The number of nitrogens with two attached hydrogens (primary N) is 1. The summed E-state index contributed by atoms with van der Waals surface area (Å²) in [6.45, 7) is 7.30. The van der Waals surface area contributed by atoms with Gasteiger partial charge < -0.3 is 10.6 Å². The van der Waals surface area contributed by atoms with Crippen molar-refractivity contribution in [1.29, 1.82) is 0 Å². The van der Waals surface area contributed by atoms with Gasteiger partial charge in [0, 0.05) is 39.3 Å². The highest BCUT2D eigenvalue weighted by Gasteiger charge is 2.37. The summed E-state index contributed by atoms with van der Waals surface area (Å²) in [6, 6.07) is -0.465. The SMILES string of the molecule is CN(C1CCCCC1)S(=O)(=O)N1CCN(C(=O)[C@@H](N)C(C)(C)C)CC1. The number of hydrogen-bond acceptors (Lipinski definition) is 4. The highest BCUT2D eigenvalue weighted by molar-refractivity contribution is 7.86. The minimum Gasteiger partial charge on any atom is -0.339 e. The first kappa shape index (κ1) is 20.6. The zero-order chi connectivity index (χ0) is 18.8. The first-order valence-electron chi connectivity index (χ1n) is 9.32. The molecule has 1 amide bonds. The van der Waals surface area contributed by atoms with E-state index in [1.807, 2.05) is 20.8 Å². The summed E-state index contributed by atoms with van der Waals surface area (Å²) < 4.78 is 28.8. The normalized spacial score (nSPS) is 23.0. The Morgan fingerprint density at radius 1 is 1.08 bits per heavy atom. The van der Waals surface area contributed by atoms with Gasteiger partial charge in [-0.05, 0) is 18.3 Å². The number of nitrogens with zero attached hydrogens (tertiary/aromatic N) is 3. The van der Waals surface area contributed by atoms with Crippen molar-refractivity contribution in [2.24, 2.45) is 11.1 Å². The molecular formula is C17H34N4O3S. The van der Waals surface area contributed by atoms with Crippen molar-refractivity contribution >= 4 is 16.1 Å². The average molecular weight is 375 g/mol. The van der Waals surface area contributed by atoms with Crippen molar-refractivity contribution in [2.45, 2.75) is 65.0 Å². The minimum atomic E-state index is -3.46. The summed E-state index contributed by atoms with van der Waals surface area (Å²) in [5.74, 6) is -0.0924. The lowest BCUT2D eigenvalue weighted by molar-refractivity contribution is -0.136. The van der Waals surface area contributed by atoms with Crippen molar-refractivity contribution in [1.82, 2.24) is 13.5 Å². The molecule has 25 heavy (non-hydrogen) atoms. The van der Waals surface area contributed by atoms with E-state index in [-0.39, 0.29) is 17.4 Å². The van der Waals surface area contributed by atoms with Gasteiger partial charge >= 0.3 is 0 Å². The zero-order valence-electron chi connectivity index (χ0n) is 16.1. The Morgan fingerprint density at radius 3 is 2.08 bits per heavy atom. The van der Waals surface area contributed by atoms with Gasteiger partial charge in [-0.3, -0.25) is 4.79 Å². The molecule has 0 aromatic rings. The second kappa shape index (κ2) is 7.90. The van der Waals surface area contributed by atoms with Crippen LogP contribution in [0.1, 0.15) is 52.9 Å². The number of carbonyl (C=O) groups is 1. The molecule has 1 saturated heterocycles. The molecule has 0 aromatic carbocycles. The highest BCUT2D eigenvalue weighted by Crippen LogP contribution is 2.25. The largest absolute Gasteiger partial charge is 0.339 e. The monoisotopic (exact) mass is 374 g/mol. The van der Waals surface area contributed by atoms with Crippen LogP contribution in [0.5, 0.6) is 0 Å². The lowest BCUT2D eigenvalue weighted by Crippen LogP contribution is -2.58. The maximum Gasteiger partial charge on any atom is 0.282 e. The van der Waals surface area contributed by atoms with Crippen molar-refractivity contribution in [2.75, 3.05) is 33.2 Å². The van der Waals surface area contributed by atoms with Crippen molar-refractivity contribution < 1.29 is 13.2 Å². The van der Waals surface area contributed by atoms with Crippen LogP contribution in [-0.2, 0) is 15.0 Å². The second-order valence-corrected chi connectivity index (χ2v) is 10.4. The summed E-state index contributed by atoms with van der Waals surface area (Å²) in [6.07, 6.45) is 5.26. The van der Waals surface area contributed by atoms with Crippen LogP contribution in [-0.4, -0.2) is 73.1 Å². The number of carbonyl (C=O) groups excluding carboxylic acids is 1. The number of piperazine rings is 1. The van der Waals surface area contributed by atoms with E-state index in [9.17, 15) is 13.2 Å². The zero-order valence-corrected chi connectivity index (χ0v) is 16.9. The molecule has 2 N–H and O–H groups in total. The molecule has 0 aromatic heterocycles. The summed E-state index contributed by atoms with van der Waals surface area (Å²) in [5.41, 5.74) is 5.76. The lowest BCUT2D eigenvalue weighted by atomic mass is 9.86. The third-order valence-corrected chi connectivity index (χ3v) is 7.57. The maximum absolute atomic E-state index is 12.9. The summed E-state index contributed by atoms with van der Waals surface area (Å²) in [5, 5.41) is 0. The maximum atomic E-state index is 12.9. The van der Waals surface area contributed by atoms with E-state index >= 15 is 0 Å². The van der Waals surface area contributed by atoms with E-state index in [4.69, 9.17) is 5.73 Å². The molecule has 146 valence electrons. The molecule has 1 aliphatic carbocycles. The van der Waals surface area contributed by atoms with Gasteiger partial charge in [0.25, 0.3) is 10.2 Å². The fraction of sp³-hybridized carbons (Fsp3) is 0.941. The van der Waals surface area contributed by atoms with Crippen molar-refractivity contribution in [3.63, 3.8) is 0 Å². The summed E-state index contributed by atoms with van der Waals surface area (Å²) in [4.78, 5) is 14.2. The molecule has 1 atom stereocenters. The van der Waals surface area contributed by atoms with Gasteiger partial charge in [0.15, 0.2) is 0 Å². The van der Waals surface area contributed by atoms with Crippen molar-refractivity contribution in [3.8, 4) is 0 Å². The standard InChI is InChI=1S/C17H34N4O3S/c1-17(2,3)15(18)16(22)20-10-12-21(13-11-20)25(23,24)19(4)14-8-6-5-7-9-14/h14-15H,5-13,18H2,1-4H3/t15-/m1/s1. The molecule has 0 bridgehead atoms. The lowest BCUT2D eigenvalue weighted by Gasteiger charge is -2.40. The molecule has 2 rings (SSSR count). The Labute approximate surface area is 152 Å². The van der Waals surface area contributed by atoms with Crippen molar-refractivity contribution in [3.05, 3.63) is 0 Å². The first-order chi connectivity index (χ1) is 11.5. The average Bonchev–Trinajstić information content (AvgIpc) is 2.59. The Morgan fingerprint density at radius 2 is 1.60 bits per heavy atom. The Balaban J connectivity index is 1.95.